The maximum Gasteiger partial charge on any atom is 0.140 e. The first kappa shape index (κ1) is 13.7. The van der Waals surface area contributed by atoms with Crippen LogP contribution in [-0.2, 0) is 6.54 Å². The van der Waals surface area contributed by atoms with E-state index in [0.717, 1.165) is 38.0 Å². The van der Waals surface area contributed by atoms with Gasteiger partial charge in [0.1, 0.15) is 11.9 Å². The smallest absolute Gasteiger partial charge is 0.140 e. The van der Waals surface area contributed by atoms with Crippen molar-refractivity contribution in [3.05, 3.63) is 35.1 Å². The van der Waals surface area contributed by atoms with Crippen molar-refractivity contribution >= 4 is 0 Å². The SMILES string of the molecule is CCCN(CCC)Cc1ccc(F)c(C#N)c1. The van der Waals surface area contributed by atoms with Gasteiger partial charge in [0.2, 0.25) is 0 Å². The molecule has 2 nitrogen and oxygen atoms in total. The zero-order valence-corrected chi connectivity index (χ0v) is 10.5. The van der Waals surface area contributed by atoms with Crippen LogP contribution in [0.1, 0.15) is 37.8 Å². The molecule has 0 spiro atoms. The lowest BCUT2D eigenvalue weighted by Crippen LogP contribution is -2.24. The van der Waals surface area contributed by atoms with Crippen molar-refractivity contribution in [1.29, 1.82) is 5.26 Å². The summed E-state index contributed by atoms with van der Waals surface area (Å²) in [6.07, 6.45) is 2.21. The van der Waals surface area contributed by atoms with Gasteiger partial charge in [-0.3, -0.25) is 4.90 Å². The highest BCUT2D eigenvalue weighted by Crippen LogP contribution is 2.12. The van der Waals surface area contributed by atoms with E-state index >= 15 is 0 Å². The summed E-state index contributed by atoms with van der Waals surface area (Å²) in [5, 5.41) is 8.78. The number of hydrogen-bond acceptors (Lipinski definition) is 2. The summed E-state index contributed by atoms with van der Waals surface area (Å²) in [6.45, 7) is 7.15. The predicted molar refractivity (Wildman–Crippen MR) is 67.0 cm³/mol. The van der Waals surface area contributed by atoms with Gasteiger partial charge in [0, 0.05) is 6.54 Å². The molecule has 3 heteroatoms. The van der Waals surface area contributed by atoms with Crippen LogP contribution in [0.2, 0.25) is 0 Å². The van der Waals surface area contributed by atoms with Crippen LogP contribution in [0.25, 0.3) is 0 Å². The molecule has 0 aliphatic heterocycles. The predicted octanol–water partition coefficient (Wildman–Crippen LogP) is 3.32. The monoisotopic (exact) mass is 234 g/mol. The Labute approximate surface area is 103 Å². The van der Waals surface area contributed by atoms with Crippen molar-refractivity contribution < 1.29 is 4.39 Å². The Morgan fingerprint density at radius 3 is 2.41 bits per heavy atom. The summed E-state index contributed by atoms with van der Waals surface area (Å²) in [4.78, 5) is 2.33. The maximum atomic E-state index is 13.2. The van der Waals surface area contributed by atoms with E-state index in [1.165, 1.54) is 6.07 Å². The van der Waals surface area contributed by atoms with E-state index in [0.29, 0.717) is 0 Å². The lowest BCUT2D eigenvalue weighted by atomic mass is 10.1. The lowest BCUT2D eigenvalue weighted by molar-refractivity contribution is 0.266. The Bertz CT molecular complexity index is 390. The van der Waals surface area contributed by atoms with E-state index in [-0.39, 0.29) is 5.56 Å². The van der Waals surface area contributed by atoms with Gasteiger partial charge in [0.15, 0.2) is 0 Å². The third-order valence-corrected chi connectivity index (χ3v) is 2.64. The zero-order chi connectivity index (χ0) is 12.7. The molecule has 17 heavy (non-hydrogen) atoms. The molecule has 0 aromatic heterocycles. The van der Waals surface area contributed by atoms with Crippen molar-refractivity contribution in [1.82, 2.24) is 4.90 Å². The number of nitrogens with zero attached hydrogens (tertiary/aromatic N) is 2. The Balaban J connectivity index is 2.75. The fraction of sp³-hybridized carbons (Fsp3) is 0.500. The van der Waals surface area contributed by atoms with Gasteiger partial charge in [-0.25, -0.2) is 4.39 Å². The molecular weight excluding hydrogens is 215 g/mol. The minimum atomic E-state index is -0.436. The van der Waals surface area contributed by atoms with Crippen LogP contribution < -0.4 is 0 Å². The highest BCUT2D eigenvalue weighted by atomic mass is 19.1. The second kappa shape index (κ2) is 7.03. The van der Waals surface area contributed by atoms with Crippen molar-refractivity contribution in [2.45, 2.75) is 33.2 Å². The van der Waals surface area contributed by atoms with Gasteiger partial charge in [-0.05, 0) is 43.6 Å². The van der Waals surface area contributed by atoms with E-state index in [4.69, 9.17) is 5.26 Å². The van der Waals surface area contributed by atoms with Crippen molar-refractivity contribution in [2.75, 3.05) is 13.1 Å². The summed E-state index contributed by atoms with van der Waals surface area (Å²) in [5.41, 5.74) is 1.14. The van der Waals surface area contributed by atoms with E-state index < -0.39 is 5.82 Å². The standard InChI is InChI=1S/C14H19FN2/c1-3-7-17(8-4-2)11-12-5-6-14(15)13(9-12)10-16/h5-6,9H,3-4,7-8,11H2,1-2H3. The number of rotatable bonds is 6. The number of hydrogen-bond donors (Lipinski definition) is 0. The second-order valence-corrected chi connectivity index (χ2v) is 4.20. The Hall–Kier alpha value is -1.40. The summed E-state index contributed by atoms with van der Waals surface area (Å²) >= 11 is 0. The zero-order valence-electron chi connectivity index (χ0n) is 10.5. The third kappa shape index (κ3) is 4.16. The lowest BCUT2D eigenvalue weighted by Gasteiger charge is -2.21. The first-order valence-corrected chi connectivity index (χ1v) is 6.12. The molecule has 92 valence electrons. The Morgan fingerprint density at radius 1 is 1.24 bits per heavy atom. The molecule has 0 bridgehead atoms. The maximum absolute atomic E-state index is 13.2. The molecule has 0 aliphatic carbocycles. The molecule has 0 amide bonds. The van der Waals surface area contributed by atoms with E-state index in [2.05, 4.69) is 18.7 Å². The highest BCUT2D eigenvalue weighted by Gasteiger charge is 2.07. The molecule has 0 N–H and O–H groups in total. The van der Waals surface area contributed by atoms with Gasteiger partial charge in [-0.15, -0.1) is 0 Å². The van der Waals surface area contributed by atoms with Crippen LogP contribution in [-0.4, -0.2) is 18.0 Å². The average Bonchev–Trinajstić information content (AvgIpc) is 2.32. The average molecular weight is 234 g/mol. The first-order valence-electron chi connectivity index (χ1n) is 6.12. The second-order valence-electron chi connectivity index (χ2n) is 4.20. The molecule has 0 saturated carbocycles. The molecule has 0 aliphatic rings. The van der Waals surface area contributed by atoms with Crippen LogP contribution in [0.5, 0.6) is 0 Å². The molecule has 0 unspecified atom stereocenters. The Kier molecular flexibility index (Phi) is 5.65. The first-order chi connectivity index (χ1) is 8.21. The molecule has 0 atom stereocenters. The number of nitriles is 1. The highest BCUT2D eigenvalue weighted by molar-refractivity contribution is 5.34. The topological polar surface area (TPSA) is 27.0 Å². The van der Waals surface area contributed by atoms with Crippen LogP contribution in [0.15, 0.2) is 18.2 Å². The minimum Gasteiger partial charge on any atom is -0.299 e. The minimum absolute atomic E-state index is 0.135. The molecule has 0 heterocycles. The molecular formula is C14H19FN2. The molecule has 0 saturated heterocycles. The van der Waals surface area contributed by atoms with Gasteiger partial charge >= 0.3 is 0 Å². The van der Waals surface area contributed by atoms with Crippen molar-refractivity contribution in [3.8, 4) is 6.07 Å². The molecule has 1 rings (SSSR count). The number of halogens is 1. The molecule has 1 aromatic carbocycles. The van der Waals surface area contributed by atoms with Crippen molar-refractivity contribution in [3.63, 3.8) is 0 Å². The quantitative estimate of drug-likeness (QED) is 0.755. The van der Waals surface area contributed by atoms with Gasteiger partial charge in [0.25, 0.3) is 0 Å². The van der Waals surface area contributed by atoms with Gasteiger partial charge in [-0.1, -0.05) is 19.9 Å². The molecule has 0 fully saturated rings. The van der Waals surface area contributed by atoms with Gasteiger partial charge in [0.05, 0.1) is 5.56 Å². The van der Waals surface area contributed by atoms with Crippen molar-refractivity contribution in [2.24, 2.45) is 0 Å². The van der Waals surface area contributed by atoms with E-state index in [1.807, 2.05) is 6.07 Å². The number of benzene rings is 1. The van der Waals surface area contributed by atoms with Crippen LogP contribution in [0.4, 0.5) is 4.39 Å². The molecule has 0 radical (unpaired) electrons. The summed E-state index contributed by atoms with van der Waals surface area (Å²) < 4.78 is 13.2. The Morgan fingerprint density at radius 2 is 1.88 bits per heavy atom. The summed E-state index contributed by atoms with van der Waals surface area (Å²) in [6, 6.07) is 6.66. The van der Waals surface area contributed by atoms with E-state index in [9.17, 15) is 4.39 Å². The van der Waals surface area contributed by atoms with Crippen LogP contribution in [0, 0.1) is 17.1 Å². The van der Waals surface area contributed by atoms with E-state index in [1.54, 1.807) is 12.1 Å². The fourth-order valence-electron chi connectivity index (χ4n) is 1.92. The normalized spacial score (nSPS) is 10.5. The third-order valence-electron chi connectivity index (χ3n) is 2.64. The summed E-state index contributed by atoms with van der Waals surface area (Å²) in [5.74, 6) is -0.436. The van der Waals surface area contributed by atoms with Crippen LogP contribution in [0.3, 0.4) is 0 Å². The largest absolute Gasteiger partial charge is 0.299 e. The van der Waals surface area contributed by atoms with Gasteiger partial charge in [-0.2, -0.15) is 5.26 Å². The summed E-state index contributed by atoms with van der Waals surface area (Å²) in [7, 11) is 0. The fourth-order valence-corrected chi connectivity index (χ4v) is 1.92. The molecule has 1 aromatic rings. The van der Waals surface area contributed by atoms with Gasteiger partial charge < -0.3 is 0 Å². The van der Waals surface area contributed by atoms with Crippen LogP contribution >= 0.6 is 0 Å².